The zero-order valence-corrected chi connectivity index (χ0v) is 13.0. The van der Waals surface area contributed by atoms with Gasteiger partial charge in [0.1, 0.15) is 25.0 Å². The van der Waals surface area contributed by atoms with Crippen molar-refractivity contribution in [1.29, 1.82) is 0 Å². The van der Waals surface area contributed by atoms with E-state index in [0.29, 0.717) is 6.61 Å². The van der Waals surface area contributed by atoms with E-state index >= 15 is 0 Å². The van der Waals surface area contributed by atoms with Crippen LogP contribution in [0.1, 0.15) is 30.9 Å². The molecule has 1 atom stereocenters. The number of piperidine rings is 1. The Balaban J connectivity index is 1.74. The molecular formula is C17H28NO2+. The molecule has 1 fully saturated rings. The van der Waals surface area contributed by atoms with E-state index in [2.05, 4.69) is 26.8 Å². The molecule has 1 aliphatic heterocycles. The van der Waals surface area contributed by atoms with E-state index in [1.165, 1.54) is 42.0 Å². The Bertz CT molecular complexity index is 425. The first kappa shape index (κ1) is 15.3. The van der Waals surface area contributed by atoms with Crippen molar-refractivity contribution >= 4 is 0 Å². The third-order valence-electron chi connectivity index (χ3n) is 4.43. The van der Waals surface area contributed by atoms with Gasteiger partial charge in [0.05, 0.1) is 13.1 Å². The van der Waals surface area contributed by atoms with E-state index < -0.39 is 0 Å². The number of nitrogens with one attached hydrogen (secondary N) is 1. The first-order chi connectivity index (χ1) is 9.54. The maximum Gasteiger partial charge on any atom is 0.137 e. The molecule has 0 radical (unpaired) electrons. The fourth-order valence-corrected chi connectivity index (χ4v) is 2.76. The Hall–Kier alpha value is -1.06. The third-order valence-corrected chi connectivity index (χ3v) is 4.43. The molecular weight excluding hydrogens is 250 g/mol. The summed E-state index contributed by atoms with van der Waals surface area (Å²) in [6.07, 6.45) is 2.18. The fourth-order valence-electron chi connectivity index (χ4n) is 2.76. The van der Waals surface area contributed by atoms with Crippen LogP contribution in [0.4, 0.5) is 0 Å². The summed E-state index contributed by atoms with van der Waals surface area (Å²) in [7, 11) is 0. The lowest BCUT2D eigenvalue weighted by molar-refractivity contribution is -0.909. The number of ether oxygens (including phenoxy) is 1. The summed E-state index contributed by atoms with van der Waals surface area (Å²) in [5.41, 5.74) is 2.50. The molecule has 0 aromatic heterocycles. The van der Waals surface area contributed by atoms with E-state index in [0.717, 1.165) is 18.2 Å². The number of quaternary nitrogens is 1. The van der Waals surface area contributed by atoms with E-state index in [9.17, 15) is 5.11 Å². The molecule has 0 bridgehead atoms. The highest BCUT2D eigenvalue weighted by Crippen LogP contribution is 2.16. The van der Waals surface area contributed by atoms with Gasteiger partial charge in [0.2, 0.25) is 0 Å². The van der Waals surface area contributed by atoms with Gasteiger partial charge in [-0.1, -0.05) is 13.0 Å². The third kappa shape index (κ3) is 4.50. The maximum atomic E-state index is 10.1. The number of rotatable bonds is 5. The summed E-state index contributed by atoms with van der Waals surface area (Å²) in [4.78, 5) is 1.51. The smallest absolute Gasteiger partial charge is 0.137 e. The molecule has 0 saturated carbocycles. The monoisotopic (exact) mass is 278 g/mol. The second kappa shape index (κ2) is 7.09. The van der Waals surface area contributed by atoms with E-state index in [4.69, 9.17) is 4.74 Å². The number of hydrogen-bond acceptors (Lipinski definition) is 2. The van der Waals surface area contributed by atoms with Crippen LogP contribution in [0.2, 0.25) is 0 Å². The van der Waals surface area contributed by atoms with E-state index in [1.54, 1.807) is 0 Å². The highest BCUT2D eigenvalue weighted by molar-refractivity contribution is 5.33. The van der Waals surface area contributed by atoms with Gasteiger partial charge in [-0.05, 0) is 55.9 Å². The molecule has 0 aliphatic carbocycles. The van der Waals surface area contributed by atoms with Crippen LogP contribution >= 0.6 is 0 Å². The van der Waals surface area contributed by atoms with Crippen molar-refractivity contribution in [2.75, 3.05) is 26.2 Å². The van der Waals surface area contributed by atoms with Crippen LogP contribution < -0.4 is 9.64 Å². The largest absolute Gasteiger partial charge is 0.491 e. The summed E-state index contributed by atoms with van der Waals surface area (Å²) in [5, 5.41) is 10.1. The van der Waals surface area contributed by atoms with Crippen molar-refractivity contribution in [3.05, 3.63) is 29.3 Å². The van der Waals surface area contributed by atoms with Crippen molar-refractivity contribution < 1.29 is 14.7 Å². The molecule has 0 amide bonds. The summed E-state index contributed by atoms with van der Waals surface area (Å²) >= 11 is 0. The Morgan fingerprint density at radius 1 is 1.25 bits per heavy atom. The van der Waals surface area contributed by atoms with Gasteiger partial charge in [-0.25, -0.2) is 0 Å². The number of hydrogen-bond donors (Lipinski definition) is 2. The number of aryl methyl sites for hydroxylation is 2. The van der Waals surface area contributed by atoms with Crippen molar-refractivity contribution in [3.63, 3.8) is 0 Å². The normalized spacial score (nSPS) is 24.4. The quantitative estimate of drug-likeness (QED) is 0.853. The Morgan fingerprint density at radius 2 is 1.95 bits per heavy atom. The Labute approximate surface area is 122 Å². The first-order valence-corrected chi connectivity index (χ1v) is 7.76. The summed E-state index contributed by atoms with van der Waals surface area (Å²) < 4.78 is 5.70. The lowest BCUT2D eigenvalue weighted by Crippen LogP contribution is -3.14. The minimum absolute atomic E-state index is 0.375. The van der Waals surface area contributed by atoms with Crippen LogP contribution in [0, 0.1) is 19.8 Å². The average molecular weight is 278 g/mol. The summed E-state index contributed by atoms with van der Waals surface area (Å²) in [6.45, 7) is 10.0. The molecule has 1 unspecified atom stereocenters. The lowest BCUT2D eigenvalue weighted by atomic mass is 9.99. The van der Waals surface area contributed by atoms with Gasteiger partial charge < -0.3 is 14.7 Å². The maximum absolute atomic E-state index is 10.1. The van der Waals surface area contributed by atoms with Gasteiger partial charge in [0.15, 0.2) is 0 Å². The SMILES string of the molecule is Cc1ccc(OCC(O)C[NH+]2CCC(C)CC2)cc1C. The first-order valence-electron chi connectivity index (χ1n) is 7.76. The van der Waals surface area contributed by atoms with Crippen LogP contribution in [0.5, 0.6) is 5.75 Å². The summed E-state index contributed by atoms with van der Waals surface area (Å²) in [6, 6.07) is 6.08. The molecule has 0 spiro atoms. The van der Waals surface area contributed by atoms with Crippen LogP contribution in [-0.4, -0.2) is 37.5 Å². The number of likely N-dealkylation sites (tertiary alicyclic amines) is 1. The Morgan fingerprint density at radius 3 is 2.60 bits per heavy atom. The highest BCUT2D eigenvalue weighted by Gasteiger charge is 2.21. The van der Waals surface area contributed by atoms with Crippen LogP contribution in [0.25, 0.3) is 0 Å². The van der Waals surface area contributed by atoms with Crippen molar-refractivity contribution in [2.24, 2.45) is 5.92 Å². The van der Waals surface area contributed by atoms with Gasteiger partial charge >= 0.3 is 0 Å². The highest BCUT2D eigenvalue weighted by atomic mass is 16.5. The zero-order chi connectivity index (χ0) is 14.5. The average Bonchev–Trinajstić information content (AvgIpc) is 2.43. The van der Waals surface area contributed by atoms with Crippen LogP contribution in [0.3, 0.4) is 0 Å². The number of aliphatic hydroxyl groups is 1. The van der Waals surface area contributed by atoms with Gasteiger partial charge in [-0.2, -0.15) is 0 Å². The standard InChI is InChI=1S/C17H27NO2/c1-13-6-8-18(9-7-13)11-16(19)12-20-17-5-4-14(2)15(3)10-17/h4-5,10,13,16,19H,6-9,11-12H2,1-3H3/p+1. The van der Waals surface area contributed by atoms with Crippen molar-refractivity contribution in [3.8, 4) is 5.75 Å². The minimum atomic E-state index is -0.375. The minimum Gasteiger partial charge on any atom is -0.491 e. The molecule has 1 aliphatic rings. The van der Waals surface area contributed by atoms with Crippen LogP contribution in [-0.2, 0) is 0 Å². The molecule has 2 N–H and O–H groups in total. The van der Waals surface area contributed by atoms with Crippen molar-refractivity contribution in [1.82, 2.24) is 0 Å². The van der Waals surface area contributed by atoms with Gasteiger partial charge in [0, 0.05) is 0 Å². The topological polar surface area (TPSA) is 33.9 Å². The predicted octanol–water partition coefficient (Wildman–Crippen LogP) is 1.36. The molecule has 1 aromatic carbocycles. The van der Waals surface area contributed by atoms with Crippen LogP contribution in [0.15, 0.2) is 18.2 Å². The summed E-state index contributed by atoms with van der Waals surface area (Å²) in [5.74, 6) is 1.71. The molecule has 3 nitrogen and oxygen atoms in total. The van der Waals surface area contributed by atoms with Crippen molar-refractivity contribution in [2.45, 2.75) is 39.7 Å². The van der Waals surface area contributed by atoms with Gasteiger partial charge in [-0.15, -0.1) is 0 Å². The van der Waals surface area contributed by atoms with Gasteiger partial charge in [0.25, 0.3) is 0 Å². The fraction of sp³-hybridized carbons (Fsp3) is 0.647. The molecule has 2 rings (SSSR count). The number of benzene rings is 1. The molecule has 1 saturated heterocycles. The number of aliphatic hydroxyl groups excluding tert-OH is 1. The molecule has 1 heterocycles. The molecule has 1 aromatic rings. The zero-order valence-electron chi connectivity index (χ0n) is 13.0. The molecule has 3 heteroatoms. The van der Waals surface area contributed by atoms with E-state index in [1.807, 2.05) is 12.1 Å². The Kier molecular flexibility index (Phi) is 5.44. The van der Waals surface area contributed by atoms with E-state index in [-0.39, 0.29) is 6.10 Å². The lowest BCUT2D eigenvalue weighted by Gasteiger charge is -2.28. The van der Waals surface area contributed by atoms with Gasteiger partial charge in [-0.3, -0.25) is 0 Å². The predicted molar refractivity (Wildman–Crippen MR) is 81.4 cm³/mol. The second-order valence-electron chi connectivity index (χ2n) is 6.35. The molecule has 20 heavy (non-hydrogen) atoms. The molecule has 112 valence electrons. The second-order valence-corrected chi connectivity index (χ2v) is 6.35.